The molecule has 6 nitrogen and oxygen atoms in total. The van der Waals surface area contributed by atoms with Crippen LogP contribution in [-0.2, 0) is 9.59 Å². The van der Waals surface area contributed by atoms with Gasteiger partial charge in [-0.2, -0.15) is 0 Å². The third-order valence-corrected chi connectivity index (χ3v) is 4.98. The summed E-state index contributed by atoms with van der Waals surface area (Å²) in [5.41, 5.74) is 6.99. The summed E-state index contributed by atoms with van der Waals surface area (Å²) >= 11 is 0. The van der Waals surface area contributed by atoms with Crippen molar-refractivity contribution in [2.24, 2.45) is 0 Å². The molecule has 2 amide bonds. The summed E-state index contributed by atoms with van der Waals surface area (Å²) in [6.07, 6.45) is 0.211. The third kappa shape index (κ3) is 6.79. The summed E-state index contributed by atoms with van der Waals surface area (Å²) < 4.78 is 11.3. The predicted octanol–water partition coefficient (Wildman–Crippen LogP) is 4.32. The number of rotatable bonds is 9. The molecule has 0 fully saturated rings. The van der Waals surface area contributed by atoms with Crippen molar-refractivity contribution in [3.63, 3.8) is 0 Å². The number of para-hydroxylation sites is 1. The number of hydrogen-bond acceptors (Lipinski definition) is 4. The number of carbonyl (C=O) groups excluding carboxylic acids is 2. The van der Waals surface area contributed by atoms with E-state index in [-0.39, 0.29) is 6.61 Å². The van der Waals surface area contributed by atoms with E-state index in [1.54, 1.807) is 6.92 Å². The molecule has 0 unspecified atom stereocenters. The maximum Gasteiger partial charge on any atom is 0.279 e. The van der Waals surface area contributed by atoms with Gasteiger partial charge in [0.25, 0.3) is 11.8 Å². The summed E-state index contributed by atoms with van der Waals surface area (Å²) in [4.78, 5) is 24.3. The lowest BCUT2D eigenvalue weighted by molar-refractivity contribution is -0.133. The molecule has 0 aliphatic rings. The van der Waals surface area contributed by atoms with Gasteiger partial charge in [0.1, 0.15) is 11.5 Å². The second kappa shape index (κ2) is 11.2. The molecule has 2 aromatic carbocycles. The fourth-order valence-corrected chi connectivity index (χ4v) is 2.84. The van der Waals surface area contributed by atoms with E-state index < -0.39 is 17.9 Å². The van der Waals surface area contributed by atoms with Crippen molar-refractivity contribution in [2.45, 2.75) is 59.0 Å². The van der Waals surface area contributed by atoms with Crippen LogP contribution in [0, 0.1) is 0 Å². The molecule has 0 bridgehead atoms. The molecule has 2 N–H and O–H groups in total. The summed E-state index contributed by atoms with van der Waals surface area (Å²) in [5, 5.41) is 0. The van der Waals surface area contributed by atoms with E-state index in [4.69, 9.17) is 9.47 Å². The van der Waals surface area contributed by atoms with Crippen molar-refractivity contribution in [3.8, 4) is 11.5 Å². The molecular weight excluding hydrogens is 380 g/mol. The average Bonchev–Trinajstić information content (AvgIpc) is 2.75. The summed E-state index contributed by atoms with van der Waals surface area (Å²) in [6, 6.07) is 15.3. The van der Waals surface area contributed by atoms with Crippen LogP contribution in [0.25, 0.3) is 0 Å². The van der Waals surface area contributed by atoms with E-state index >= 15 is 0 Å². The van der Waals surface area contributed by atoms with Crippen molar-refractivity contribution >= 4 is 11.8 Å². The Morgan fingerprint density at radius 2 is 1.60 bits per heavy atom. The third-order valence-electron chi connectivity index (χ3n) is 4.98. The van der Waals surface area contributed by atoms with Gasteiger partial charge in [0.15, 0.2) is 12.7 Å². The molecular formula is C24H32N2O4. The number of ether oxygens (including phenoxy) is 2. The number of hydrazine groups is 1. The first-order chi connectivity index (χ1) is 14.3. The zero-order valence-electron chi connectivity index (χ0n) is 18.4. The van der Waals surface area contributed by atoms with Crippen LogP contribution in [0.2, 0.25) is 0 Å². The monoisotopic (exact) mass is 412 g/mol. The highest BCUT2D eigenvalue weighted by Gasteiger charge is 2.16. The Labute approximate surface area is 178 Å². The molecule has 0 aromatic heterocycles. The van der Waals surface area contributed by atoms with Crippen LogP contribution < -0.4 is 20.3 Å². The van der Waals surface area contributed by atoms with Gasteiger partial charge in [-0.3, -0.25) is 20.4 Å². The van der Waals surface area contributed by atoms with Crippen LogP contribution in [0.4, 0.5) is 0 Å². The fourth-order valence-electron chi connectivity index (χ4n) is 2.84. The van der Waals surface area contributed by atoms with Crippen LogP contribution in [-0.4, -0.2) is 24.5 Å². The smallest absolute Gasteiger partial charge is 0.279 e. The number of hydrogen-bond donors (Lipinski definition) is 2. The maximum atomic E-state index is 12.2. The Morgan fingerprint density at radius 3 is 2.23 bits per heavy atom. The molecule has 0 aliphatic heterocycles. The van der Waals surface area contributed by atoms with E-state index in [0.717, 1.165) is 12.0 Å². The first-order valence-electron chi connectivity index (χ1n) is 10.4. The molecule has 30 heavy (non-hydrogen) atoms. The van der Waals surface area contributed by atoms with E-state index in [1.165, 1.54) is 5.56 Å². The Bertz CT molecular complexity index is 833. The highest BCUT2D eigenvalue weighted by Crippen LogP contribution is 2.28. The highest BCUT2D eigenvalue weighted by molar-refractivity contribution is 5.85. The SMILES string of the molecule is CC[C@@H](C)c1ccccc1OCC(=O)NNC(=O)[C@@H](C)Oc1ccc(C(C)C)cc1. The van der Waals surface area contributed by atoms with Gasteiger partial charge in [-0.25, -0.2) is 0 Å². The van der Waals surface area contributed by atoms with E-state index in [1.807, 2.05) is 48.5 Å². The molecule has 6 heteroatoms. The summed E-state index contributed by atoms with van der Waals surface area (Å²) in [6.45, 7) is 9.87. The van der Waals surface area contributed by atoms with Crippen LogP contribution in [0.5, 0.6) is 11.5 Å². The van der Waals surface area contributed by atoms with Crippen molar-refractivity contribution in [1.82, 2.24) is 10.9 Å². The van der Waals surface area contributed by atoms with Gasteiger partial charge in [-0.15, -0.1) is 0 Å². The van der Waals surface area contributed by atoms with E-state index in [9.17, 15) is 9.59 Å². The molecule has 162 valence electrons. The van der Waals surface area contributed by atoms with Gasteiger partial charge in [0.2, 0.25) is 0 Å². The largest absolute Gasteiger partial charge is 0.483 e. The fraction of sp³-hybridized carbons (Fsp3) is 0.417. The first-order valence-corrected chi connectivity index (χ1v) is 10.4. The van der Waals surface area contributed by atoms with Crippen molar-refractivity contribution < 1.29 is 19.1 Å². The zero-order valence-corrected chi connectivity index (χ0v) is 18.4. The van der Waals surface area contributed by atoms with Crippen molar-refractivity contribution in [1.29, 1.82) is 0 Å². The van der Waals surface area contributed by atoms with Gasteiger partial charge >= 0.3 is 0 Å². The van der Waals surface area contributed by atoms with Gasteiger partial charge in [-0.1, -0.05) is 58.0 Å². The van der Waals surface area contributed by atoms with Crippen molar-refractivity contribution in [3.05, 3.63) is 59.7 Å². The van der Waals surface area contributed by atoms with E-state index in [0.29, 0.717) is 23.3 Å². The Balaban J connectivity index is 1.79. The summed E-state index contributed by atoms with van der Waals surface area (Å²) in [5.74, 6) is 1.13. The predicted molar refractivity (Wildman–Crippen MR) is 118 cm³/mol. The molecule has 0 radical (unpaired) electrons. The van der Waals surface area contributed by atoms with Crippen LogP contribution >= 0.6 is 0 Å². The van der Waals surface area contributed by atoms with Crippen LogP contribution in [0.3, 0.4) is 0 Å². The Kier molecular flexibility index (Phi) is 8.71. The number of carbonyl (C=O) groups is 2. The number of benzene rings is 2. The Hall–Kier alpha value is -3.02. The normalized spacial score (nSPS) is 12.7. The van der Waals surface area contributed by atoms with Crippen LogP contribution in [0.15, 0.2) is 48.5 Å². The van der Waals surface area contributed by atoms with E-state index in [2.05, 4.69) is 38.5 Å². The highest BCUT2D eigenvalue weighted by atomic mass is 16.5. The molecule has 0 spiro atoms. The van der Waals surface area contributed by atoms with Gasteiger partial charge in [-0.05, 0) is 54.5 Å². The molecule has 0 saturated carbocycles. The van der Waals surface area contributed by atoms with Gasteiger partial charge in [0, 0.05) is 0 Å². The minimum atomic E-state index is -0.762. The number of amides is 2. The molecule has 2 aromatic rings. The lowest BCUT2D eigenvalue weighted by Crippen LogP contribution is -2.48. The quantitative estimate of drug-likeness (QED) is 0.602. The van der Waals surface area contributed by atoms with Crippen molar-refractivity contribution in [2.75, 3.05) is 6.61 Å². The minimum Gasteiger partial charge on any atom is -0.483 e. The lowest BCUT2D eigenvalue weighted by Gasteiger charge is -2.17. The average molecular weight is 413 g/mol. The standard InChI is InChI=1S/C24H32N2O4/c1-6-17(4)21-9-7-8-10-22(21)29-15-23(27)25-26-24(28)18(5)30-20-13-11-19(12-14-20)16(2)3/h7-14,16-18H,6,15H2,1-5H3,(H,25,27)(H,26,28)/t17-,18-/m1/s1. The maximum absolute atomic E-state index is 12.2. The molecule has 2 rings (SSSR count). The zero-order chi connectivity index (χ0) is 22.1. The number of nitrogens with one attached hydrogen (secondary N) is 2. The van der Waals surface area contributed by atoms with Crippen LogP contribution in [0.1, 0.15) is 64.0 Å². The van der Waals surface area contributed by atoms with Gasteiger partial charge < -0.3 is 9.47 Å². The second-order valence-corrected chi connectivity index (χ2v) is 7.66. The molecule has 0 aliphatic carbocycles. The summed E-state index contributed by atoms with van der Waals surface area (Å²) in [7, 11) is 0. The molecule has 0 saturated heterocycles. The molecule has 2 atom stereocenters. The second-order valence-electron chi connectivity index (χ2n) is 7.66. The Morgan fingerprint density at radius 1 is 0.933 bits per heavy atom. The van der Waals surface area contributed by atoms with Gasteiger partial charge in [0.05, 0.1) is 0 Å². The lowest BCUT2D eigenvalue weighted by atomic mass is 9.98. The minimum absolute atomic E-state index is 0.195. The first kappa shape index (κ1) is 23.3. The topological polar surface area (TPSA) is 76.7 Å². The molecule has 0 heterocycles.